The summed E-state index contributed by atoms with van der Waals surface area (Å²) in [4.78, 5) is 4.32. The number of hydrogen-bond acceptors (Lipinski definition) is 5. The van der Waals surface area contributed by atoms with Gasteiger partial charge in [0, 0.05) is 18.0 Å². The number of ether oxygens (including phenoxy) is 2. The number of halogens is 1. The summed E-state index contributed by atoms with van der Waals surface area (Å²) in [7, 11) is 3.62. The van der Waals surface area contributed by atoms with E-state index in [4.69, 9.17) is 21.1 Å². The lowest BCUT2D eigenvalue weighted by Gasteiger charge is -2.31. The number of methoxy groups -OCH3 is 1. The molecule has 0 fully saturated rings. The number of rotatable bonds is 3. The summed E-state index contributed by atoms with van der Waals surface area (Å²) in [6.45, 7) is 0. The first kappa shape index (κ1) is 13.7. The topological polar surface area (TPSA) is 43.4 Å². The second-order valence-corrected chi connectivity index (χ2v) is 6.28. The van der Waals surface area contributed by atoms with Gasteiger partial charge in [-0.2, -0.15) is 0 Å². The molecule has 1 N–H and O–H groups in total. The number of nitrogens with one attached hydrogen (secondary N) is 1. The van der Waals surface area contributed by atoms with Crippen LogP contribution in [-0.4, -0.2) is 19.1 Å². The molecule has 0 bridgehead atoms. The number of thiazole rings is 1. The monoisotopic (exact) mass is 310 g/mol. The van der Waals surface area contributed by atoms with Crippen LogP contribution in [0.4, 0.5) is 0 Å². The van der Waals surface area contributed by atoms with Gasteiger partial charge in [-0.15, -0.1) is 11.3 Å². The van der Waals surface area contributed by atoms with Crippen molar-refractivity contribution in [2.45, 2.75) is 18.6 Å². The van der Waals surface area contributed by atoms with E-state index in [0.717, 1.165) is 28.5 Å². The van der Waals surface area contributed by atoms with E-state index in [1.165, 1.54) is 11.3 Å². The van der Waals surface area contributed by atoms with Gasteiger partial charge in [0.2, 0.25) is 0 Å². The average Bonchev–Trinajstić information content (AvgIpc) is 2.92. The highest BCUT2D eigenvalue weighted by Gasteiger charge is 2.30. The van der Waals surface area contributed by atoms with Gasteiger partial charge in [0.15, 0.2) is 6.10 Å². The van der Waals surface area contributed by atoms with Gasteiger partial charge < -0.3 is 14.8 Å². The van der Waals surface area contributed by atoms with Crippen LogP contribution in [0, 0.1) is 0 Å². The predicted molar refractivity (Wildman–Crippen MR) is 79.9 cm³/mol. The van der Waals surface area contributed by atoms with Crippen LogP contribution in [-0.2, 0) is 0 Å². The number of nitrogens with zero attached hydrogens (tertiary/aromatic N) is 1. The van der Waals surface area contributed by atoms with Crippen molar-refractivity contribution < 1.29 is 9.47 Å². The van der Waals surface area contributed by atoms with E-state index in [-0.39, 0.29) is 12.1 Å². The number of aromatic nitrogens is 1. The van der Waals surface area contributed by atoms with Crippen molar-refractivity contribution in [3.63, 3.8) is 0 Å². The fourth-order valence-electron chi connectivity index (χ4n) is 2.42. The molecule has 0 spiro atoms. The van der Waals surface area contributed by atoms with E-state index < -0.39 is 0 Å². The van der Waals surface area contributed by atoms with Crippen LogP contribution in [0.25, 0.3) is 0 Å². The first-order valence-corrected chi connectivity index (χ1v) is 7.53. The van der Waals surface area contributed by atoms with E-state index in [0.29, 0.717) is 4.34 Å². The molecule has 1 aromatic carbocycles. The fraction of sp³-hybridized carbons (Fsp3) is 0.357. The van der Waals surface area contributed by atoms with Gasteiger partial charge in [0.1, 0.15) is 20.8 Å². The maximum absolute atomic E-state index is 6.06. The van der Waals surface area contributed by atoms with Gasteiger partial charge in [-0.05, 0) is 25.2 Å². The van der Waals surface area contributed by atoms with E-state index in [9.17, 15) is 0 Å². The Kier molecular flexibility index (Phi) is 3.83. The molecule has 3 rings (SSSR count). The molecule has 2 atom stereocenters. The molecule has 0 saturated heterocycles. The lowest BCUT2D eigenvalue weighted by atomic mass is 9.96. The minimum atomic E-state index is -0.0640. The third-order valence-corrected chi connectivity index (χ3v) is 4.64. The Labute approximate surface area is 126 Å². The molecule has 1 aliphatic heterocycles. The lowest BCUT2D eigenvalue weighted by molar-refractivity contribution is 0.153. The summed E-state index contributed by atoms with van der Waals surface area (Å²) < 4.78 is 12.0. The summed E-state index contributed by atoms with van der Waals surface area (Å²) >= 11 is 7.42. The highest BCUT2D eigenvalue weighted by Crippen LogP contribution is 2.43. The fourth-order valence-corrected chi connectivity index (χ4v) is 3.39. The average molecular weight is 311 g/mol. The third kappa shape index (κ3) is 2.49. The first-order chi connectivity index (χ1) is 9.71. The van der Waals surface area contributed by atoms with Gasteiger partial charge in [0.25, 0.3) is 0 Å². The lowest BCUT2D eigenvalue weighted by Crippen LogP contribution is -2.26. The van der Waals surface area contributed by atoms with Crippen LogP contribution >= 0.6 is 22.9 Å². The van der Waals surface area contributed by atoms with Gasteiger partial charge in [-0.1, -0.05) is 11.6 Å². The molecule has 1 aromatic heterocycles. The van der Waals surface area contributed by atoms with Crippen LogP contribution in [0.2, 0.25) is 4.34 Å². The van der Waals surface area contributed by atoms with Gasteiger partial charge in [-0.3, -0.25) is 0 Å². The Balaban J connectivity index is 1.94. The van der Waals surface area contributed by atoms with Crippen molar-refractivity contribution in [3.05, 3.63) is 39.3 Å². The Morgan fingerprint density at radius 1 is 1.50 bits per heavy atom. The maximum atomic E-state index is 6.06. The summed E-state index contributed by atoms with van der Waals surface area (Å²) in [5.41, 5.74) is 1.12. The second-order valence-electron chi connectivity index (χ2n) is 4.59. The molecule has 20 heavy (non-hydrogen) atoms. The highest BCUT2D eigenvalue weighted by molar-refractivity contribution is 7.15. The summed E-state index contributed by atoms with van der Waals surface area (Å²) in [6, 6.07) is 6.08. The standard InChI is InChI=1S/C14H15ClN2O2S/c1-16-10-6-12(14-17-7-13(15)20-14)19-11-4-3-8(18-2)5-9(10)11/h3-5,7,10,12,16H,6H2,1-2H3. The van der Waals surface area contributed by atoms with Crippen LogP contribution in [0.3, 0.4) is 0 Å². The zero-order chi connectivity index (χ0) is 14.1. The first-order valence-electron chi connectivity index (χ1n) is 6.34. The zero-order valence-corrected chi connectivity index (χ0v) is 12.8. The number of hydrogen-bond donors (Lipinski definition) is 1. The van der Waals surface area contributed by atoms with Gasteiger partial charge in [-0.25, -0.2) is 4.98 Å². The van der Waals surface area contributed by atoms with Crippen LogP contribution in [0.5, 0.6) is 11.5 Å². The maximum Gasteiger partial charge on any atom is 0.152 e. The molecule has 2 heterocycles. The summed E-state index contributed by atoms with van der Waals surface area (Å²) in [6.07, 6.45) is 2.43. The largest absolute Gasteiger partial charge is 0.497 e. The van der Waals surface area contributed by atoms with Crippen LogP contribution in [0.15, 0.2) is 24.4 Å². The quantitative estimate of drug-likeness (QED) is 0.941. The SMILES string of the molecule is CNC1CC(c2ncc(Cl)s2)Oc2ccc(OC)cc21. The van der Waals surface area contributed by atoms with E-state index >= 15 is 0 Å². The minimum Gasteiger partial charge on any atom is -0.497 e. The smallest absolute Gasteiger partial charge is 0.152 e. The van der Waals surface area contributed by atoms with Gasteiger partial charge in [0.05, 0.1) is 13.3 Å². The molecule has 4 nitrogen and oxygen atoms in total. The van der Waals surface area contributed by atoms with Crippen molar-refractivity contribution in [2.24, 2.45) is 0 Å². The predicted octanol–water partition coefficient (Wildman–Crippen LogP) is 3.59. The van der Waals surface area contributed by atoms with Crippen molar-refractivity contribution >= 4 is 22.9 Å². The van der Waals surface area contributed by atoms with E-state index in [2.05, 4.69) is 10.3 Å². The van der Waals surface area contributed by atoms with Crippen molar-refractivity contribution in [3.8, 4) is 11.5 Å². The van der Waals surface area contributed by atoms with Gasteiger partial charge >= 0.3 is 0 Å². The number of fused-ring (bicyclic) bond motifs is 1. The molecular weight excluding hydrogens is 296 g/mol. The Morgan fingerprint density at radius 3 is 3.00 bits per heavy atom. The molecule has 0 aliphatic carbocycles. The van der Waals surface area contributed by atoms with Crippen LogP contribution < -0.4 is 14.8 Å². The number of benzene rings is 1. The third-order valence-electron chi connectivity index (χ3n) is 3.43. The molecule has 0 saturated carbocycles. The molecule has 2 unspecified atom stereocenters. The zero-order valence-electron chi connectivity index (χ0n) is 11.2. The molecule has 106 valence electrons. The molecule has 2 aromatic rings. The molecular formula is C14H15ClN2O2S. The molecule has 6 heteroatoms. The van der Waals surface area contributed by atoms with Crippen molar-refractivity contribution in [1.29, 1.82) is 0 Å². The second kappa shape index (κ2) is 5.60. The normalized spacial score (nSPS) is 21.1. The highest BCUT2D eigenvalue weighted by atomic mass is 35.5. The minimum absolute atomic E-state index is 0.0640. The Morgan fingerprint density at radius 2 is 2.35 bits per heavy atom. The Hall–Kier alpha value is -1.30. The molecule has 0 radical (unpaired) electrons. The Bertz CT molecular complexity index is 617. The molecule has 0 amide bonds. The van der Waals surface area contributed by atoms with Crippen LogP contribution in [0.1, 0.15) is 29.1 Å². The summed E-state index contributed by atoms with van der Waals surface area (Å²) in [5, 5.41) is 4.24. The summed E-state index contributed by atoms with van der Waals surface area (Å²) in [5.74, 6) is 1.70. The van der Waals surface area contributed by atoms with E-state index in [1.807, 2.05) is 25.2 Å². The van der Waals surface area contributed by atoms with Crippen molar-refractivity contribution in [1.82, 2.24) is 10.3 Å². The molecule has 1 aliphatic rings. The van der Waals surface area contributed by atoms with Crippen molar-refractivity contribution in [2.75, 3.05) is 14.2 Å². The van der Waals surface area contributed by atoms with E-state index in [1.54, 1.807) is 13.3 Å².